The first-order valence-electron chi connectivity index (χ1n) is 9.70. The molecule has 1 aromatic rings. The van der Waals surface area contributed by atoms with Gasteiger partial charge in [0, 0.05) is 24.8 Å². The van der Waals surface area contributed by atoms with Crippen LogP contribution in [0.15, 0.2) is 24.3 Å². The summed E-state index contributed by atoms with van der Waals surface area (Å²) in [4.78, 5) is 26.5. The number of amides is 2. The smallest absolute Gasteiger partial charge is 0.235 e. The van der Waals surface area contributed by atoms with Gasteiger partial charge in [0.15, 0.2) is 0 Å². The molecule has 1 aliphatic heterocycles. The van der Waals surface area contributed by atoms with Crippen molar-refractivity contribution in [3.05, 3.63) is 30.1 Å². The number of piperidine rings is 1. The van der Waals surface area contributed by atoms with Crippen LogP contribution in [-0.4, -0.2) is 53.4 Å². The van der Waals surface area contributed by atoms with E-state index in [1.165, 1.54) is 48.9 Å². The Morgan fingerprint density at radius 2 is 1.85 bits per heavy atom. The monoisotopic (exact) mass is 393 g/mol. The first-order chi connectivity index (χ1) is 13.0. The van der Waals surface area contributed by atoms with Crippen molar-refractivity contribution in [1.82, 2.24) is 10.2 Å². The molecule has 0 bridgehead atoms. The summed E-state index contributed by atoms with van der Waals surface area (Å²) in [6.07, 6.45) is 4.71. The number of halogens is 1. The van der Waals surface area contributed by atoms with Crippen molar-refractivity contribution in [2.75, 3.05) is 30.7 Å². The number of carbonyl (C=O) groups excluding carboxylic acids is 2. The van der Waals surface area contributed by atoms with Crippen LogP contribution in [-0.2, 0) is 9.59 Å². The number of carbonyl (C=O) groups is 2. The second-order valence-corrected chi connectivity index (χ2v) is 8.79. The molecule has 0 spiro atoms. The number of nitrogens with one attached hydrogen (secondary N) is 2. The average Bonchev–Trinajstić information content (AvgIpc) is 3.50. The molecular formula is C20H28FN3O2S. The molecule has 1 saturated carbocycles. The summed E-state index contributed by atoms with van der Waals surface area (Å²) in [7, 11) is 0. The van der Waals surface area contributed by atoms with Gasteiger partial charge in [0.05, 0.1) is 11.0 Å². The van der Waals surface area contributed by atoms with Crippen LogP contribution >= 0.6 is 11.8 Å². The number of nitrogens with zero attached hydrogens (tertiary/aromatic N) is 1. The molecule has 1 aliphatic carbocycles. The number of anilines is 1. The van der Waals surface area contributed by atoms with Gasteiger partial charge in [-0.2, -0.15) is 0 Å². The Labute approximate surface area is 164 Å². The van der Waals surface area contributed by atoms with Crippen LogP contribution in [0.5, 0.6) is 0 Å². The minimum Gasteiger partial charge on any atom is -0.342 e. The molecule has 3 rings (SSSR count). The van der Waals surface area contributed by atoms with Gasteiger partial charge in [0.2, 0.25) is 11.8 Å². The summed E-state index contributed by atoms with van der Waals surface area (Å²) < 4.78 is 12.9. The third-order valence-corrected chi connectivity index (χ3v) is 6.27. The second-order valence-electron chi connectivity index (χ2n) is 7.46. The maximum absolute atomic E-state index is 12.9. The molecule has 2 fully saturated rings. The maximum Gasteiger partial charge on any atom is 0.235 e. The average molecular weight is 394 g/mol. The number of hydrogen-bond donors (Lipinski definition) is 2. The van der Waals surface area contributed by atoms with E-state index in [9.17, 15) is 14.0 Å². The highest BCUT2D eigenvalue weighted by Crippen LogP contribution is 2.28. The fourth-order valence-corrected chi connectivity index (χ4v) is 3.98. The fraction of sp³-hybridized carbons (Fsp3) is 0.600. The van der Waals surface area contributed by atoms with Crippen molar-refractivity contribution < 1.29 is 14.0 Å². The molecular weight excluding hydrogens is 365 g/mol. The molecule has 7 heteroatoms. The van der Waals surface area contributed by atoms with Gasteiger partial charge in [0.25, 0.3) is 0 Å². The topological polar surface area (TPSA) is 61.4 Å². The summed E-state index contributed by atoms with van der Waals surface area (Å²) in [6, 6.07) is 6.18. The molecule has 1 saturated heterocycles. The van der Waals surface area contributed by atoms with Gasteiger partial charge < -0.3 is 15.5 Å². The molecule has 2 amide bonds. The van der Waals surface area contributed by atoms with E-state index in [0.29, 0.717) is 11.7 Å². The SMILES string of the molecule is CC(SCC(=O)Nc1ccc(F)cc1)C(=O)N1CCC(NCC2CC2)CC1. The normalized spacial score (nSPS) is 19.0. The molecule has 1 aromatic carbocycles. The van der Waals surface area contributed by atoms with Crippen molar-refractivity contribution in [2.24, 2.45) is 5.92 Å². The molecule has 27 heavy (non-hydrogen) atoms. The third kappa shape index (κ3) is 6.50. The van der Waals surface area contributed by atoms with E-state index in [1.807, 2.05) is 11.8 Å². The number of thioether (sulfide) groups is 1. The van der Waals surface area contributed by atoms with E-state index in [-0.39, 0.29) is 28.6 Å². The zero-order valence-electron chi connectivity index (χ0n) is 15.7. The predicted molar refractivity (Wildman–Crippen MR) is 107 cm³/mol. The summed E-state index contributed by atoms with van der Waals surface area (Å²) in [5.74, 6) is 0.656. The van der Waals surface area contributed by atoms with E-state index in [2.05, 4.69) is 10.6 Å². The van der Waals surface area contributed by atoms with Crippen LogP contribution in [0.4, 0.5) is 10.1 Å². The largest absolute Gasteiger partial charge is 0.342 e. The van der Waals surface area contributed by atoms with Gasteiger partial charge >= 0.3 is 0 Å². The van der Waals surface area contributed by atoms with Gasteiger partial charge in [-0.25, -0.2) is 4.39 Å². The molecule has 2 aliphatic rings. The second kappa shape index (κ2) is 9.55. The van der Waals surface area contributed by atoms with Gasteiger partial charge in [-0.05, 0) is 69.3 Å². The van der Waals surface area contributed by atoms with E-state index < -0.39 is 0 Å². The Balaban J connectivity index is 1.34. The summed E-state index contributed by atoms with van der Waals surface area (Å²) in [6.45, 7) is 4.55. The lowest BCUT2D eigenvalue weighted by molar-refractivity contribution is -0.131. The Morgan fingerprint density at radius 3 is 2.48 bits per heavy atom. The van der Waals surface area contributed by atoms with Crippen LogP contribution in [0.1, 0.15) is 32.6 Å². The fourth-order valence-electron chi connectivity index (χ4n) is 3.22. The highest BCUT2D eigenvalue weighted by Gasteiger charge is 2.28. The molecule has 0 aromatic heterocycles. The van der Waals surface area contributed by atoms with Crippen LogP contribution in [0.25, 0.3) is 0 Å². The summed E-state index contributed by atoms with van der Waals surface area (Å²) in [5, 5.41) is 6.09. The molecule has 0 radical (unpaired) electrons. The van der Waals surface area contributed by atoms with Gasteiger partial charge in [0.1, 0.15) is 5.82 Å². The van der Waals surface area contributed by atoms with Crippen molar-refractivity contribution in [3.8, 4) is 0 Å². The maximum atomic E-state index is 12.9. The number of likely N-dealkylation sites (tertiary alicyclic amines) is 1. The number of rotatable bonds is 8. The lowest BCUT2D eigenvalue weighted by atomic mass is 10.0. The molecule has 5 nitrogen and oxygen atoms in total. The van der Waals surface area contributed by atoms with Crippen LogP contribution in [0.3, 0.4) is 0 Å². The first kappa shape index (κ1) is 20.1. The van der Waals surface area contributed by atoms with Crippen LogP contribution < -0.4 is 10.6 Å². The van der Waals surface area contributed by atoms with Crippen molar-refractivity contribution in [2.45, 2.75) is 43.9 Å². The minimum atomic E-state index is -0.340. The molecule has 1 atom stereocenters. The van der Waals surface area contributed by atoms with Crippen molar-refractivity contribution >= 4 is 29.3 Å². The van der Waals surface area contributed by atoms with Crippen LogP contribution in [0, 0.1) is 11.7 Å². The molecule has 1 unspecified atom stereocenters. The van der Waals surface area contributed by atoms with Crippen molar-refractivity contribution in [1.29, 1.82) is 0 Å². The number of hydrogen-bond acceptors (Lipinski definition) is 4. The first-order valence-corrected chi connectivity index (χ1v) is 10.8. The van der Waals surface area contributed by atoms with Crippen molar-refractivity contribution in [3.63, 3.8) is 0 Å². The highest BCUT2D eigenvalue weighted by molar-refractivity contribution is 8.01. The van der Waals surface area contributed by atoms with Crippen LogP contribution in [0.2, 0.25) is 0 Å². The zero-order chi connectivity index (χ0) is 19.2. The Morgan fingerprint density at radius 1 is 1.19 bits per heavy atom. The predicted octanol–water partition coefficient (Wildman–Crippen LogP) is 2.88. The summed E-state index contributed by atoms with van der Waals surface area (Å²) >= 11 is 1.34. The van der Waals surface area contributed by atoms with Gasteiger partial charge in [-0.15, -0.1) is 11.8 Å². The standard InChI is InChI=1S/C20H28FN3O2S/c1-14(27-13-19(25)23-18-6-4-16(21)5-7-18)20(26)24-10-8-17(9-11-24)22-12-15-2-3-15/h4-7,14-15,17,22H,2-3,8-13H2,1H3,(H,23,25). The number of benzene rings is 1. The molecule has 1 heterocycles. The molecule has 148 valence electrons. The molecule has 2 N–H and O–H groups in total. The zero-order valence-corrected chi connectivity index (χ0v) is 16.6. The Kier molecular flexibility index (Phi) is 7.13. The van der Waals surface area contributed by atoms with Gasteiger partial charge in [-0.1, -0.05) is 0 Å². The Hall–Kier alpha value is -1.60. The van der Waals surface area contributed by atoms with E-state index in [0.717, 1.165) is 38.4 Å². The lowest BCUT2D eigenvalue weighted by Crippen LogP contribution is -2.47. The minimum absolute atomic E-state index is 0.107. The Bertz CT molecular complexity index is 643. The van der Waals surface area contributed by atoms with E-state index in [1.54, 1.807) is 0 Å². The third-order valence-electron chi connectivity index (χ3n) is 5.14. The summed E-state index contributed by atoms with van der Waals surface area (Å²) in [5.41, 5.74) is 0.557. The lowest BCUT2D eigenvalue weighted by Gasteiger charge is -2.34. The van der Waals surface area contributed by atoms with E-state index in [4.69, 9.17) is 0 Å². The van der Waals surface area contributed by atoms with Gasteiger partial charge in [-0.3, -0.25) is 9.59 Å². The quantitative estimate of drug-likeness (QED) is 0.713. The highest BCUT2D eigenvalue weighted by atomic mass is 32.2. The van der Waals surface area contributed by atoms with E-state index >= 15 is 0 Å².